The minimum Gasteiger partial charge on any atom is -0.486 e. The van der Waals surface area contributed by atoms with Crippen LogP contribution in [0, 0.1) is 0 Å². The lowest BCUT2D eigenvalue weighted by molar-refractivity contribution is 0.172. The molecule has 10 nitrogen and oxygen atoms in total. The predicted octanol–water partition coefficient (Wildman–Crippen LogP) is 2.64. The molecule has 3 aromatic heterocycles. The molecule has 1 aliphatic heterocycles. The van der Waals surface area contributed by atoms with Gasteiger partial charge in [-0.1, -0.05) is 6.07 Å². The number of H-pyrrole nitrogens is 1. The van der Waals surface area contributed by atoms with E-state index in [0.29, 0.717) is 55.4 Å². The zero-order valence-corrected chi connectivity index (χ0v) is 19.5. The summed E-state index contributed by atoms with van der Waals surface area (Å²) in [6, 6.07) is 9.56. The first-order chi connectivity index (χ1) is 16.4. The molecule has 4 heterocycles. The minimum atomic E-state index is -0.264. The summed E-state index contributed by atoms with van der Waals surface area (Å²) in [4.78, 5) is 22.4. The molecule has 1 N–H and O–H groups in total. The Morgan fingerprint density at radius 1 is 1.09 bits per heavy atom. The average Bonchev–Trinajstić information content (AvgIpc) is 3.28. The standard InChI is InChI=1S/C24H27N7O3/c1-24(2,3)31-22(27-28-29-31)15-30(13-16-5-4-6-25-12-16)14-18-9-17-10-20-21(34-8-7-33-20)11-19(17)26-23(18)32/h4-6,9-12H,7-8,13-15H2,1-3H3,(H,26,32). The van der Waals surface area contributed by atoms with Crippen LogP contribution in [0.25, 0.3) is 10.9 Å². The lowest BCUT2D eigenvalue weighted by Crippen LogP contribution is -2.31. The van der Waals surface area contributed by atoms with E-state index >= 15 is 0 Å². The largest absolute Gasteiger partial charge is 0.486 e. The van der Waals surface area contributed by atoms with Gasteiger partial charge in [-0.25, -0.2) is 4.68 Å². The summed E-state index contributed by atoms with van der Waals surface area (Å²) in [7, 11) is 0. The van der Waals surface area contributed by atoms with Crippen LogP contribution in [0.2, 0.25) is 0 Å². The highest BCUT2D eigenvalue weighted by Crippen LogP contribution is 2.33. The van der Waals surface area contributed by atoms with Crippen molar-refractivity contribution >= 4 is 10.9 Å². The highest BCUT2D eigenvalue weighted by molar-refractivity contribution is 5.83. The summed E-state index contributed by atoms with van der Waals surface area (Å²) in [5, 5.41) is 13.2. The number of pyridine rings is 2. The number of aromatic amines is 1. The smallest absolute Gasteiger partial charge is 0.252 e. The number of hydrogen-bond donors (Lipinski definition) is 1. The molecule has 4 aromatic rings. The number of aromatic nitrogens is 6. The molecule has 0 fully saturated rings. The number of ether oxygens (including phenoxy) is 2. The zero-order valence-electron chi connectivity index (χ0n) is 19.5. The van der Waals surface area contributed by atoms with Gasteiger partial charge in [-0.15, -0.1) is 5.10 Å². The van der Waals surface area contributed by atoms with E-state index in [0.717, 1.165) is 16.8 Å². The van der Waals surface area contributed by atoms with Gasteiger partial charge in [0.05, 0.1) is 17.6 Å². The van der Waals surface area contributed by atoms with Crippen molar-refractivity contribution in [2.75, 3.05) is 13.2 Å². The normalized spacial score (nSPS) is 13.5. The lowest BCUT2D eigenvalue weighted by Gasteiger charge is -2.25. The van der Waals surface area contributed by atoms with Crippen molar-refractivity contribution < 1.29 is 9.47 Å². The van der Waals surface area contributed by atoms with Gasteiger partial charge in [-0.3, -0.25) is 14.7 Å². The van der Waals surface area contributed by atoms with Crippen LogP contribution in [-0.2, 0) is 25.2 Å². The van der Waals surface area contributed by atoms with E-state index in [2.05, 4.69) is 51.2 Å². The van der Waals surface area contributed by atoms with E-state index in [9.17, 15) is 4.79 Å². The highest BCUT2D eigenvalue weighted by Gasteiger charge is 2.22. The van der Waals surface area contributed by atoms with Crippen LogP contribution in [0.15, 0.2) is 47.5 Å². The average molecular weight is 462 g/mol. The summed E-state index contributed by atoms with van der Waals surface area (Å²) >= 11 is 0. The number of fused-ring (bicyclic) bond motifs is 2. The molecule has 176 valence electrons. The molecule has 0 aliphatic carbocycles. The van der Waals surface area contributed by atoms with Gasteiger partial charge in [0.1, 0.15) is 13.2 Å². The third-order valence-electron chi connectivity index (χ3n) is 5.64. The first kappa shape index (κ1) is 22.0. The maximum absolute atomic E-state index is 13.0. The molecular formula is C24H27N7O3. The van der Waals surface area contributed by atoms with Gasteiger partial charge in [-0.05, 0) is 55.0 Å². The molecular weight excluding hydrogens is 434 g/mol. The molecule has 0 spiro atoms. The van der Waals surface area contributed by atoms with Crippen molar-refractivity contribution in [2.24, 2.45) is 0 Å². The third-order valence-corrected chi connectivity index (χ3v) is 5.64. The van der Waals surface area contributed by atoms with Crippen molar-refractivity contribution in [2.45, 2.75) is 45.9 Å². The molecule has 0 amide bonds. The first-order valence-corrected chi connectivity index (χ1v) is 11.2. The third kappa shape index (κ3) is 4.62. The Labute approximate surface area is 196 Å². The van der Waals surface area contributed by atoms with Gasteiger partial charge in [0.2, 0.25) is 0 Å². The van der Waals surface area contributed by atoms with Crippen LogP contribution in [0.4, 0.5) is 0 Å². The Bertz CT molecular complexity index is 1360. The summed E-state index contributed by atoms with van der Waals surface area (Å²) in [6.07, 6.45) is 3.57. The summed E-state index contributed by atoms with van der Waals surface area (Å²) < 4.78 is 13.2. The zero-order chi connectivity index (χ0) is 23.7. The van der Waals surface area contributed by atoms with E-state index in [4.69, 9.17) is 9.47 Å². The van der Waals surface area contributed by atoms with Crippen LogP contribution in [0.5, 0.6) is 11.5 Å². The Balaban J connectivity index is 1.48. The van der Waals surface area contributed by atoms with E-state index in [1.807, 2.05) is 41.2 Å². The van der Waals surface area contributed by atoms with Crippen molar-refractivity contribution in [3.63, 3.8) is 0 Å². The van der Waals surface area contributed by atoms with Crippen molar-refractivity contribution in [1.29, 1.82) is 0 Å². The second kappa shape index (κ2) is 8.86. The molecule has 1 aliphatic rings. The molecule has 10 heteroatoms. The van der Waals surface area contributed by atoms with Crippen LogP contribution in [-0.4, -0.2) is 48.3 Å². The topological polar surface area (TPSA) is 111 Å². The Morgan fingerprint density at radius 3 is 2.62 bits per heavy atom. The number of nitrogens with one attached hydrogen (secondary N) is 1. The van der Waals surface area contributed by atoms with E-state index in [1.54, 1.807) is 6.20 Å². The summed E-state index contributed by atoms with van der Waals surface area (Å²) in [6.45, 7) is 8.64. The summed E-state index contributed by atoms with van der Waals surface area (Å²) in [5.74, 6) is 2.07. The Morgan fingerprint density at radius 2 is 1.88 bits per heavy atom. The molecule has 0 saturated carbocycles. The van der Waals surface area contributed by atoms with Crippen LogP contribution in [0.1, 0.15) is 37.7 Å². The number of nitrogens with zero attached hydrogens (tertiary/aromatic N) is 6. The predicted molar refractivity (Wildman–Crippen MR) is 126 cm³/mol. The quantitative estimate of drug-likeness (QED) is 0.467. The maximum Gasteiger partial charge on any atom is 0.252 e. The van der Waals surface area contributed by atoms with Crippen LogP contribution >= 0.6 is 0 Å². The summed E-state index contributed by atoms with van der Waals surface area (Å²) in [5.41, 5.74) is 1.99. The van der Waals surface area contributed by atoms with Crippen LogP contribution < -0.4 is 15.0 Å². The number of rotatable bonds is 6. The van der Waals surface area contributed by atoms with Gasteiger partial charge < -0.3 is 14.5 Å². The maximum atomic E-state index is 13.0. The van der Waals surface area contributed by atoms with Crippen molar-refractivity contribution in [1.82, 2.24) is 35.1 Å². The number of benzene rings is 1. The molecule has 1 aromatic carbocycles. The molecule has 0 atom stereocenters. The Hall–Kier alpha value is -3.79. The monoisotopic (exact) mass is 461 g/mol. The van der Waals surface area contributed by atoms with Crippen molar-refractivity contribution in [3.05, 3.63) is 70.0 Å². The number of tetrazole rings is 1. The molecule has 0 unspecified atom stereocenters. The van der Waals surface area contributed by atoms with E-state index < -0.39 is 0 Å². The van der Waals surface area contributed by atoms with Crippen LogP contribution in [0.3, 0.4) is 0 Å². The fourth-order valence-electron chi connectivity index (χ4n) is 4.09. The lowest BCUT2D eigenvalue weighted by atomic mass is 10.1. The highest BCUT2D eigenvalue weighted by atomic mass is 16.6. The van der Waals surface area contributed by atoms with Gasteiger partial charge >= 0.3 is 0 Å². The minimum absolute atomic E-state index is 0.143. The first-order valence-electron chi connectivity index (χ1n) is 11.2. The fraction of sp³-hybridized carbons (Fsp3) is 0.375. The SMILES string of the molecule is CC(C)(C)n1nnnc1CN(Cc1cccnc1)Cc1cc2cc3c(cc2[nH]c1=O)OCCO3. The molecule has 0 saturated heterocycles. The fourth-order valence-corrected chi connectivity index (χ4v) is 4.09. The molecule has 0 radical (unpaired) electrons. The van der Waals surface area contributed by atoms with E-state index in [1.165, 1.54) is 0 Å². The van der Waals surface area contributed by atoms with Crippen molar-refractivity contribution in [3.8, 4) is 11.5 Å². The van der Waals surface area contributed by atoms with E-state index in [-0.39, 0.29) is 11.1 Å². The number of hydrogen-bond acceptors (Lipinski definition) is 8. The Kier molecular flexibility index (Phi) is 5.74. The molecule has 0 bridgehead atoms. The molecule has 5 rings (SSSR count). The second-order valence-corrected chi connectivity index (χ2v) is 9.39. The second-order valence-electron chi connectivity index (χ2n) is 9.39. The van der Waals surface area contributed by atoms with Gasteiger partial charge in [0, 0.05) is 42.5 Å². The van der Waals surface area contributed by atoms with Gasteiger partial charge in [-0.2, -0.15) is 0 Å². The van der Waals surface area contributed by atoms with Gasteiger partial charge in [0.15, 0.2) is 17.3 Å². The van der Waals surface area contributed by atoms with Gasteiger partial charge in [0.25, 0.3) is 5.56 Å². The molecule has 34 heavy (non-hydrogen) atoms.